The van der Waals surface area contributed by atoms with Gasteiger partial charge in [0.25, 0.3) is 0 Å². The molecule has 1 fully saturated rings. The standard InChI is InChI=1S/C22H27BIN3O3/c1-22(2,3)30-21(28)26-10-8-16(9-11-26)27-17-6-4-15(24)5-7-18(17)29-19-12-14(23)13-25-20(19)27/h4-6,12-13,16H,7-11,23H2,1-3H3. The minimum atomic E-state index is -0.478. The van der Waals surface area contributed by atoms with E-state index in [0.717, 1.165) is 47.7 Å². The topological polar surface area (TPSA) is 54.9 Å². The molecule has 1 saturated heterocycles. The first-order valence-electron chi connectivity index (χ1n) is 10.4. The number of hydrogen-bond acceptors (Lipinski definition) is 5. The predicted octanol–water partition coefficient (Wildman–Crippen LogP) is 3.43. The number of likely N-dealkylation sites (tertiary alicyclic amines) is 1. The number of aromatic nitrogens is 1. The molecule has 0 atom stereocenters. The molecule has 1 amide bonds. The Balaban J connectivity index is 1.59. The van der Waals surface area contributed by atoms with Crippen LogP contribution in [0.15, 0.2) is 45.5 Å². The SMILES string of the molecule is Bc1cnc2c(c1)OC1=C(C=CC(I)=CC1)N2C1CCN(C(=O)OC(C)(C)C)CC1. The molecule has 0 unspecified atom stereocenters. The summed E-state index contributed by atoms with van der Waals surface area (Å²) in [5, 5.41) is 0. The van der Waals surface area contributed by atoms with Crippen LogP contribution in [0.4, 0.5) is 10.6 Å². The summed E-state index contributed by atoms with van der Waals surface area (Å²) in [6.07, 6.45) is 10.5. The Bertz CT molecular complexity index is 943. The molecule has 8 heteroatoms. The highest BCUT2D eigenvalue weighted by Crippen LogP contribution is 2.41. The molecule has 3 aliphatic rings. The van der Waals surface area contributed by atoms with E-state index in [2.05, 4.69) is 51.8 Å². The van der Waals surface area contributed by atoms with Crippen molar-refractivity contribution in [2.75, 3.05) is 18.0 Å². The van der Waals surface area contributed by atoms with Gasteiger partial charge in [0.05, 0.1) is 5.70 Å². The molecule has 2 aliphatic heterocycles. The summed E-state index contributed by atoms with van der Waals surface area (Å²) >= 11 is 2.34. The van der Waals surface area contributed by atoms with Crippen molar-refractivity contribution in [3.05, 3.63) is 45.5 Å². The summed E-state index contributed by atoms with van der Waals surface area (Å²) in [6.45, 7) is 7.04. The van der Waals surface area contributed by atoms with Crippen molar-refractivity contribution in [3.8, 4) is 5.75 Å². The number of allylic oxidation sites excluding steroid dienone is 4. The van der Waals surface area contributed by atoms with Crippen molar-refractivity contribution in [3.63, 3.8) is 0 Å². The molecule has 30 heavy (non-hydrogen) atoms. The fourth-order valence-corrected chi connectivity index (χ4v) is 4.36. The maximum Gasteiger partial charge on any atom is 0.410 e. The Morgan fingerprint density at radius 2 is 2.03 bits per heavy atom. The molecule has 0 aromatic carbocycles. The van der Waals surface area contributed by atoms with E-state index in [4.69, 9.17) is 14.5 Å². The molecule has 0 saturated carbocycles. The molecular weight excluding hydrogens is 492 g/mol. The van der Waals surface area contributed by atoms with Crippen LogP contribution < -0.4 is 15.1 Å². The summed E-state index contributed by atoms with van der Waals surface area (Å²) in [5.74, 6) is 2.62. The van der Waals surface area contributed by atoms with E-state index in [-0.39, 0.29) is 12.1 Å². The highest BCUT2D eigenvalue weighted by Gasteiger charge is 2.36. The van der Waals surface area contributed by atoms with Crippen molar-refractivity contribution in [1.29, 1.82) is 0 Å². The molecule has 1 aromatic heterocycles. The molecule has 1 aromatic rings. The monoisotopic (exact) mass is 519 g/mol. The molecular formula is C22H27BIN3O3. The smallest absolute Gasteiger partial charge is 0.410 e. The van der Waals surface area contributed by atoms with Gasteiger partial charge in [-0.05, 0) is 74.4 Å². The Morgan fingerprint density at radius 3 is 2.73 bits per heavy atom. The zero-order valence-electron chi connectivity index (χ0n) is 17.9. The van der Waals surface area contributed by atoms with Gasteiger partial charge < -0.3 is 19.3 Å². The second kappa shape index (κ2) is 8.28. The third kappa shape index (κ3) is 4.53. The predicted molar refractivity (Wildman–Crippen MR) is 129 cm³/mol. The third-order valence-electron chi connectivity index (χ3n) is 5.34. The number of carbonyl (C=O) groups excluding carboxylic acids is 1. The molecule has 0 bridgehead atoms. The van der Waals surface area contributed by atoms with Crippen molar-refractivity contribution in [1.82, 2.24) is 9.88 Å². The lowest BCUT2D eigenvalue weighted by atomic mass is 9.97. The number of carbonyl (C=O) groups is 1. The largest absolute Gasteiger partial charge is 0.455 e. The first-order valence-corrected chi connectivity index (χ1v) is 11.5. The zero-order chi connectivity index (χ0) is 21.5. The Labute approximate surface area is 192 Å². The number of halogens is 1. The Hall–Kier alpha value is -1.97. The van der Waals surface area contributed by atoms with Crippen molar-refractivity contribution < 1.29 is 14.3 Å². The van der Waals surface area contributed by atoms with Crippen LogP contribution in [0, 0.1) is 0 Å². The van der Waals surface area contributed by atoms with E-state index in [1.165, 1.54) is 3.58 Å². The minimum Gasteiger partial charge on any atom is -0.455 e. The van der Waals surface area contributed by atoms with E-state index in [1.807, 2.05) is 39.7 Å². The average Bonchev–Trinajstić information content (AvgIpc) is 2.86. The van der Waals surface area contributed by atoms with Crippen LogP contribution in [0.5, 0.6) is 5.75 Å². The molecule has 0 spiro atoms. The van der Waals surface area contributed by atoms with Crippen LogP contribution in [0.3, 0.4) is 0 Å². The fraction of sp³-hybridized carbons (Fsp3) is 0.455. The number of rotatable bonds is 1. The van der Waals surface area contributed by atoms with E-state index < -0.39 is 5.60 Å². The first kappa shape index (κ1) is 21.3. The lowest BCUT2D eigenvalue weighted by Gasteiger charge is -2.42. The van der Waals surface area contributed by atoms with E-state index in [9.17, 15) is 4.79 Å². The van der Waals surface area contributed by atoms with Crippen molar-refractivity contribution >= 4 is 47.8 Å². The number of piperidine rings is 1. The summed E-state index contributed by atoms with van der Waals surface area (Å²) in [7, 11) is 2.03. The van der Waals surface area contributed by atoms with E-state index in [0.29, 0.717) is 13.1 Å². The first-order chi connectivity index (χ1) is 14.2. The molecule has 4 rings (SSSR count). The van der Waals surface area contributed by atoms with Crippen LogP contribution in [-0.4, -0.2) is 48.6 Å². The van der Waals surface area contributed by atoms with Crippen LogP contribution >= 0.6 is 22.6 Å². The summed E-state index contributed by atoms with van der Waals surface area (Å²) in [6, 6.07) is 2.30. The zero-order valence-corrected chi connectivity index (χ0v) is 20.1. The van der Waals surface area contributed by atoms with Gasteiger partial charge in [-0.1, -0.05) is 11.5 Å². The van der Waals surface area contributed by atoms with E-state index in [1.54, 1.807) is 0 Å². The fourth-order valence-electron chi connectivity index (χ4n) is 3.96. The normalized spacial score (nSPS) is 19.5. The third-order valence-corrected chi connectivity index (χ3v) is 6.14. The van der Waals surface area contributed by atoms with Gasteiger partial charge in [-0.15, -0.1) is 0 Å². The van der Waals surface area contributed by atoms with Gasteiger partial charge >= 0.3 is 6.09 Å². The number of ether oxygens (including phenoxy) is 2. The summed E-state index contributed by atoms with van der Waals surface area (Å²) in [4.78, 5) is 21.3. The van der Waals surface area contributed by atoms with Crippen LogP contribution in [-0.2, 0) is 4.74 Å². The minimum absolute atomic E-state index is 0.231. The molecule has 1 aliphatic carbocycles. The Morgan fingerprint density at radius 1 is 1.30 bits per heavy atom. The van der Waals surface area contributed by atoms with Crippen LogP contribution in [0.1, 0.15) is 40.0 Å². The van der Waals surface area contributed by atoms with Crippen molar-refractivity contribution in [2.24, 2.45) is 0 Å². The van der Waals surface area contributed by atoms with Crippen molar-refractivity contribution in [2.45, 2.75) is 51.7 Å². The maximum absolute atomic E-state index is 12.5. The van der Waals surface area contributed by atoms with Gasteiger partial charge in [0.1, 0.15) is 19.2 Å². The number of anilines is 1. The number of amides is 1. The van der Waals surface area contributed by atoms with Gasteiger partial charge in [-0.2, -0.15) is 0 Å². The number of nitrogens with zero attached hydrogens (tertiary/aromatic N) is 3. The van der Waals surface area contributed by atoms with E-state index >= 15 is 0 Å². The van der Waals surface area contributed by atoms with Gasteiger partial charge in [-0.3, -0.25) is 0 Å². The van der Waals surface area contributed by atoms with Gasteiger partial charge in [0.2, 0.25) is 0 Å². The summed E-state index contributed by atoms with van der Waals surface area (Å²) in [5.41, 5.74) is 1.66. The second-order valence-electron chi connectivity index (χ2n) is 8.94. The van der Waals surface area contributed by atoms with Gasteiger partial charge in [0.15, 0.2) is 11.6 Å². The number of hydrogen-bond donors (Lipinski definition) is 0. The van der Waals surface area contributed by atoms with Crippen LogP contribution in [0.25, 0.3) is 0 Å². The molecule has 0 radical (unpaired) electrons. The van der Waals surface area contributed by atoms with Gasteiger partial charge in [-0.25, -0.2) is 9.78 Å². The number of fused-ring (bicyclic) bond motifs is 1. The highest BCUT2D eigenvalue weighted by atomic mass is 127. The maximum atomic E-state index is 12.5. The summed E-state index contributed by atoms with van der Waals surface area (Å²) < 4.78 is 13.0. The number of pyridine rings is 1. The lowest BCUT2D eigenvalue weighted by Crippen LogP contribution is -2.48. The Kier molecular flexibility index (Phi) is 5.87. The second-order valence-corrected chi connectivity index (χ2v) is 10.2. The van der Waals surface area contributed by atoms with Gasteiger partial charge in [0, 0.05) is 35.3 Å². The quantitative estimate of drug-likeness (QED) is 0.421. The molecule has 0 N–H and O–H groups in total. The molecule has 3 heterocycles. The van der Waals surface area contributed by atoms with Crippen LogP contribution in [0.2, 0.25) is 0 Å². The average molecular weight is 519 g/mol. The highest BCUT2D eigenvalue weighted by molar-refractivity contribution is 14.1. The lowest BCUT2D eigenvalue weighted by molar-refractivity contribution is 0.0205. The molecule has 6 nitrogen and oxygen atoms in total. The molecule has 158 valence electrons.